The van der Waals surface area contributed by atoms with Crippen molar-refractivity contribution in [2.75, 3.05) is 45.0 Å². The number of anilines is 1. The molecule has 12 nitrogen and oxygen atoms in total. The molecule has 0 radical (unpaired) electrons. The number of rotatable bonds is 9. The molecule has 0 unspecified atom stereocenters. The van der Waals surface area contributed by atoms with Crippen LogP contribution in [-0.4, -0.2) is 90.6 Å². The number of hydrogen-bond donors (Lipinski definition) is 1. The predicted octanol–water partition coefficient (Wildman–Crippen LogP) is 3.42. The van der Waals surface area contributed by atoms with E-state index in [-0.39, 0.29) is 35.6 Å². The SMILES string of the molecule is CCN1CCN(C(C)(C)/C=C(/C#N)C(=O)N2CC[C@H]2Cn2c(=O)n(-c3ccc(Oc4ccccc4)cc3)c3c(N)ncnc32)CC1. The molecule has 4 aromatic rings. The predicted molar refractivity (Wildman–Crippen MR) is 176 cm³/mol. The van der Waals surface area contributed by atoms with Crippen molar-refractivity contribution in [3.8, 4) is 23.3 Å². The number of piperazine rings is 1. The Morgan fingerprint density at radius 2 is 1.74 bits per heavy atom. The average molecular weight is 622 g/mol. The third kappa shape index (κ3) is 5.99. The number of nitriles is 1. The van der Waals surface area contributed by atoms with E-state index in [0.717, 1.165) is 32.7 Å². The molecule has 2 aliphatic rings. The summed E-state index contributed by atoms with van der Waals surface area (Å²) in [7, 11) is 0. The number of ether oxygens (including phenoxy) is 1. The first-order chi connectivity index (χ1) is 22.2. The van der Waals surface area contributed by atoms with Crippen molar-refractivity contribution in [3.63, 3.8) is 0 Å². The fraction of sp³-hybridized carbons (Fsp3) is 0.382. The third-order valence-corrected chi connectivity index (χ3v) is 9.09. The Labute approximate surface area is 267 Å². The Morgan fingerprint density at radius 3 is 2.37 bits per heavy atom. The molecule has 2 aliphatic heterocycles. The third-order valence-electron chi connectivity index (χ3n) is 9.09. The van der Waals surface area contributed by atoms with Crippen LogP contribution in [0.25, 0.3) is 16.9 Å². The van der Waals surface area contributed by atoms with Gasteiger partial charge in [-0.15, -0.1) is 0 Å². The minimum Gasteiger partial charge on any atom is -0.457 e. The maximum absolute atomic E-state index is 14.0. The summed E-state index contributed by atoms with van der Waals surface area (Å²) in [5.41, 5.74) is 6.96. The zero-order chi connectivity index (χ0) is 32.4. The maximum Gasteiger partial charge on any atom is 0.335 e. The molecule has 0 bridgehead atoms. The number of imidazole rings is 1. The molecule has 0 aliphatic carbocycles. The van der Waals surface area contributed by atoms with E-state index in [4.69, 9.17) is 10.5 Å². The number of likely N-dealkylation sites (N-methyl/N-ethyl adjacent to an activating group) is 1. The molecule has 1 amide bonds. The van der Waals surface area contributed by atoms with Gasteiger partial charge in [0.15, 0.2) is 11.5 Å². The van der Waals surface area contributed by atoms with E-state index in [0.29, 0.717) is 41.3 Å². The van der Waals surface area contributed by atoms with Gasteiger partial charge in [0.05, 0.1) is 11.7 Å². The number of benzene rings is 2. The smallest absolute Gasteiger partial charge is 0.335 e. The quantitative estimate of drug-likeness (QED) is 0.220. The number of aromatic nitrogens is 4. The summed E-state index contributed by atoms with van der Waals surface area (Å²) >= 11 is 0. The summed E-state index contributed by atoms with van der Waals surface area (Å²) in [6, 6.07) is 18.4. The van der Waals surface area contributed by atoms with Gasteiger partial charge in [0.25, 0.3) is 5.91 Å². The number of fused-ring (bicyclic) bond motifs is 1. The first-order valence-corrected chi connectivity index (χ1v) is 15.7. The summed E-state index contributed by atoms with van der Waals surface area (Å²) in [5.74, 6) is 1.17. The van der Waals surface area contributed by atoms with Crippen molar-refractivity contribution in [1.82, 2.24) is 33.8 Å². The van der Waals surface area contributed by atoms with Crippen molar-refractivity contribution < 1.29 is 9.53 Å². The minimum atomic E-state index is -0.457. The number of hydrogen-bond acceptors (Lipinski definition) is 9. The number of carbonyl (C=O) groups is 1. The van der Waals surface area contributed by atoms with Crippen LogP contribution in [0, 0.1) is 11.3 Å². The first kappa shape index (κ1) is 31.0. The van der Waals surface area contributed by atoms with Crippen LogP contribution in [0.15, 0.2) is 77.4 Å². The van der Waals surface area contributed by atoms with E-state index in [1.54, 1.807) is 39.8 Å². The van der Waals surface area contributed by atoms with Crippen molar-refractivity contribution >= 4 is 22.9 Å². The Balaban J connectivity index is 1.24. The van der Waals surface area contributed by atoms with Crippen LogP contribution in [0.4, 0.5) is 5.82 Å². The normalized spacial score (nSPS) is 17.9. The topological polar surface area (TPSA) is 139 Å². The van der Waals surface area contributed by atoms with Gasteiger partial charge < -0.3 is 20.3 Å². The van der Waals surface area contributed by atoms with Gasteiger partial charge in [0, 0.05) is 44.8 Å². The molecule has 0 spiro atoms. The molecular formula is C34H39N9O3. The van der Waals surface area contributed by atoms with E-state index in [1.807, 2.05) is 44.2 Å². The van der Waals surface area contributed by atoms with Gasteiger partial charge in [-0.1, -0.05) is 25.1 Å². The van der Waals surface area contributed by atoms with Crippen LogP contribution >= 0.6 is 0 Å². The fourth-order valence-corrected chi connectivity index (χ4v) is 6.28. The van der Waals surface area contributed by atoms with Gasteiger partial charge in [-0.2, -0.15) is 5.26 Å². The van der Waals surface area contributed by atoms with Crippen LogP contribution in [-0.2, 0) is 11.3 Å². The molecule has 2 aromatic carbocycles. The molecule has 2 saturated heterocycles. The molecule has 2 aromatic heterocycles. The highest BCUT2D eigenvalue weighted by molar-refractivity contribution is 5.98. The number of amides is 1. The highest BCUT2D eigenvalue weighted by atomic mass is 16.5. The number of carbonyl (C=O) groups excluding carboxylic acids is 1. The van der Waals surface area contributed by atoms with Gasteiger partial charge in [-0.25, -0.2) is 14.8 Å². The molecule has 1 atom stereocenters. The Morgan fingerprint density at radius 1 is 1.04 bits per heavy atom. The molecule has 2 fully saturated rings. The standard InChI is InChI=1S/C34H39N9O3/c1-4-39-16-18-40(19-17-39)34(2,3)20-24(21-35)32(44)41-15-14-26(41)22-42-31-29(30(36)37-23-38-31)43(33(42)45)25-10-12-28(13-11-25)46-27-8-6-5-7-9-27/h5-13,20,23,26H,4,14-19,22H2,1-3H3,(H2,36,37,38)/b24-20-/t26-/m0/s1. The lowest BCUT2D eigenvalue weighted by Gasteiger charge is -2.43. The van der Waals surface area contributed by atoms with E-state index in [9.17, 15) is 14.9 Å². The van der Waals surface area contributed by atoms with Crippen LogP contribution in [0.5, 0.6) is 11.5 Å². The zero-order valence-corrected chi connectivity index (χ0v) is 26.5. The summed E-state index contributed by atoms with van der Waals surface area (Å²) in [6.45, 7) is 11.6. The molecular weight excluding hydrogens is 582 g/mol. The summed E-state index contributed by atoms with van der Waals surface area (Å²) < 4.78 is 8.95. The second-order valence-corrected chi connectivity index (χ2v) is 12.3. The van der Waals surface area contributed by atoms with Gasteiger partial charge in [0.2, 0.25) is 0 Å². The largest absolute Gasteiger partial charge is 0.457 e. The van der Waals surface area contributed by atoms with E-state index >= 15 is 0 Å². The van der Waals surface area contributed by atoms with E-state index in [2.05, 4.69) is 32.8 Å². The molecule has 6 rings (SSSR count). The summed E-state index contributed by atoms with van der Waals surface area (Å²) in [5, 5.41) is 10.0. The van der Waals surface area contributed by atoms with Crippen LogP contribution in [0.2, 0.25) is 0 Å². The fourth-order valence-electron chi connectivity index (χ4n) is 6.28. The number of likely N-dealkylation sites (tertiary alicyclic amines) is 1. The van der Waals surface area contributed by atoms with E-state index < -0.39 is 5.54 Å². The second-order valence-electron chi connectivity index (χ2n) is 12.3. The van der Waals surface area contributed by atoms with Crippen molar-refractivity contribution in [2.45, 2.75) is 45.3 Å². The Bertz CT molecular complexity index is 1850. The first-order valence-electron chi connectivity index (χ1n) is 15.7. The summed E-state index contributed by atoms with van der Waals surface area (Å²) in [6.07, 6.45) is 3.82. The zero-order valence-electron chi connectivity index (χ0n) is 26.5. The van der Waals surface area contributed by atoms with Crippen molar-refractivity contribution in [1.29, 1.82) is 5.26 Å². The van der Waals surface area contributed by atoms with Crippen molar-refractivity contribution in [3.05, 3.63) is 83.1 Å². The van der Waals surface area contributed by atoms with Crippen molar-refractivity contribution in [2.24, 2.45) is 0 Å². The lowest BCUT2D eigenvalue weighted by atomic mass is 9.95. The lowest BCUT2D eigenvalue weighted by Crippen LogP contribution is -2.55. The number of nitrogens with two attached hydrogens (primary N) is 1. The molecule has 46 heavy (non-hydrogen) atoms. The highest BCUT2D eigenvalue weighted by Gasteiger charge is 2.37. The van der Waals surface area contributed by atoms with Crippen LogP contribution < -0.4 is 16.2 Å². The Kier molecular flexibility index (Phi) is 8.62. The van der Waals surface area contributed by atoms with Gasteiger partial charge in [-0.05, 0) is 69.3 Å². The van der Waals surface area contributed by atoms with Gasteiger partial charge in [-0.3, -0.25) is 18.8 Å². The van der Waals surface area contributed by atoms with E-state index in [1.165, 1.54) is 10.9 Å². The molecule has 0 saturated carbocycles. The number of para-hydroxylation sites is 1. The van der Waals surface area contributed by atoms with Crippen LogP contribution in [0.3, 0.4) is 0 Å². The highest BCUT2D eigenvalue weighted by Crippen LogP contribution is 2.28. The molecule has 238 valence electrons. The monoisotopic (exact) mass is 621 g/mol. The minimum absolute atomic E-state index is 0.117. The Hall–Kier alpha value is -4.99. The molecule has 2 N–H and O–H groups in total. The number of nitrogens with zero attached hydrogens (tertiary/aromatic N) is 8. The van der Waals surface area contributed by atoms with Gasteiger partial charge in [0.1, 0.15) is 35.0 Å². The lowest BCUT2D eigenvalue weighted by molar-refractivity contribution is -0.134. The maximum atomic E-state index is 14.0. The van der Waals surface area contributed by atoms with Crippen LogP contribution in [0.1, 0.15) is 27.2 Å². The average Bonchev–Trinajstić information content (AvgIpc) is 3.34. The summed E-state index contributed by atoms with van der Waals surface area (Å²) in [4.78, 5) is 42.6. The number of nitrogen functional groups attached to an aromatic ring is 1. The molecule has 12 heteroatoms. The molecule has 4 heterocycles. The van der Waals surface area contributed by atoms with Gasteiger partial charge >= 0.3 is 5.69 Å². The second kappa shape index (κ2) is 12.8.